The number of hydrogen-bond donors (Lipinski definition) is 0. The van der Waals surface area contributed by atoms with Gasteiger partial charge in [0.25, 0.3) is 0 Å². The van der Waals surface area contributed by atoms with Crippen molar-refractivity contribution in [3.05, 3.63) is 59.9 Å². The monoisotopic (exact) mass is 352 g/mol. The molecular weight excluding hydrogens is 331 g/mol. The summed E-state index contributed by atoms with van der Waals surface area (Å²) in [6.45, 7) is 6.06. The van der Waals surface area contributed by atoms with Crippen molar-refractivity contribution in [3.63, 3.8) is 0 Å². The predicted molar refractivity (Wildman–Crippen MR) is 99.2 cm³/mol. The maximum Gasteiger partial charge on any atom is 0.184 e. The summed E-state index contributed by atoms with van der Waals surface area (Å²) in [5.41, 5.74) is 1.54. The smallest absolute Gasteiger partial charge is 0.184 e. The Morgan fingerprint density at radius 3 is 2.62 bits per heavy atom. The molecule has 134 valence electrons. The maximum atomic E-state index is 13.8. The van der Waals surface area contributed by atoms with Gasteiger partial charge >= 0.3 is 0 Å². The van der Waals surface area contributed by atoms with Crippen molar-refractivity contribution in [2.75, 3.05) is 11.6 Å². The van der Waals surface area contributed by atoms with Crippen molar-refractivity contribution in [1.82, 2.24) is 0 Å². The van der Waals surface area contributed by atoms with Crippen molar-refractivity contribution in [1.29, 1.82) is 0 Å². The molecule has 2 atom stereocenters. The van der Waals surface area contributed by atoms with E-state index in [1.54, 1.807) is 11.1 Å². The van der Waals surface area contributed by atoms with E-state index >= 15 is 0 Å². The van der Waals surface area contributed by atoms with E-state index in [1.165, 1.54) is 12.1 Å². The third-order valence-corrected chi connectivity index (χ3v) is 4.86. The van der Waals surface area contributed by atoms with Crippen molar-refractivity contribution in [2.45, 2.75) is 32.7 Å². The number of rotatable bonds is 2. The zero-order valence-electron chi connectivity index (χ0n) is 15.1. The second kappa shape index (κ2) is 5.94. The van der Waals surface area contributed by atoms with Crippen LogP contribution in [0.2, 0.25) is 0 Å². The Morgan fingerprint density at radius 2 is 1.92 bits per heavy atom. The van der Waals surface area contributed by atoms with Crippen molar-refractivity contribution >= 4 is 17.2 Å². The molecule has 0 bridgehead atoms. The zero-order valence-corrected chi connectivity index (χ0v) is 15.1. The molecule has 0 N–H and O–H groups in total. The predicted octanol–water partition coefficient (Wildman–Crippen LogP) is 4.16. The van der Waals surface area contributed by atoms with Crippen molar-refractivity contribution < 1.29 is 13.9 Å². The summed E-state index contributed by atoms with van der Waals surface area (Å²) in [5.74, 6) is 0.0239. The minimum Gasteiger partial charge on any atom is -0.489 e. The summed E-state index contributed by atoms with van der Waals surface area (Å²) in [6.07, 6.45) is 0. The Balaban J connectivity index is 1.84. The molecule has 2 aliphatic heterocycles. The Bertz CT molecular complexity index is 887. The van der Waals surface area contributed by atoms with Gasteiger partial charge in [-0.05, 0) is 17.7 Å². The number of fused-ring (bicyclic) bond motifs is 3. The number of ether oxygens (including phenoxy) is 1. The number of anilines is 1. The molecule has 5 heteroatoms. The van der Waals surface area contributed by atoms with Gasteiger partial charge in [-0.1, -0.05) is 51.1 Å². The Labute approximate surface area is 152 Å². The van der Waals surface area contributed by atoms with E-state index in [-0.39, 0.29) is 23.6 Å². The topological polar surface area (TPSA) is 41.9 Å². The van der Waals surface area contributed by atoms with Gasteiger partial charge in [-0.2, -0.15) is 5.10 Å². The van der Waals surface area contributed by atoms with Gasteiger partial charge < -0.3 is 4.74 Å². The van der Waals surface area contributed by atoms with Crippen LogP contribution in [0.15, 0.2) is 53.6 Å². The molecule has 1 unspecified atom stereocenters. The lowest BCUT2D eigenvalue weighted by Gasteiger charge is -2.33. The minimum absolute atomic E-state index is 0.00120. The fourth-order valence-electron chi connectivity index (χ4n) is 3.55. The largest absolute Gasteiger partial charge is 0.489 e. The number of hydrazone groups is 1. The highest BCUT2D eigenvalue weighted by atomic mass is 19.1. The number of halogens is 1. The fraction of sp³-hybridized carbons (Fsp3) is 0.333. The molecule has 0 amide bonds. The summed E-state index contributed by atoms with van der Waals surface area (Å²) >= 11 is 0. The van der Waals surface area contributed by atoms with Gasteiger partial charge in [-0.25, -0.2) is 4.39 Å². The Kier molecular flexibility index (Phi) is 3.83. The molecule has 2 aromatic carbocycles. The number of carbonyl (C=O) groups is 1. The van der Waals surface area contributed by atoms with Gasteiger partial charge in [-0.15, -0.1) is 0 Å². The van der Waals surface area contributed by atoms with E-state index < -0.39 is 5.41 Å². The quantitative estimate of drug-likeness (QED) is 0.815. The van der Waals surface area contributed by atoms with E-state index in [0.29, 0.717) is 23.8 Å². The van der Waals surface area contributed by atoms with Gasteiger partial charge in [-0.3, -0.25) is 9.80 Å². The number of ketones is 1. The van der Waals surface area contributed by atoms with Crippen LogP contribution >= 0.6 is 0 Å². The zero-order chi connectivity index (χ0) is 18.5. The summed E-state index contributed by atoms with van der Waals surface area (Å²) in [6, 6.07) is 14.1. The second-order valence-electron chi connectivity index (χ2n) is 7.79. The molecule has 2 aromatic rings. The summed E-state index contributed by atoms with van der Waals surface area (Å²) in [4.78, 5) is 13.1. The molecular formula is C21H21FN2O2. The SMILES string of the molecule is CC(C)(C)C(=O)C1=NN2c3cc(F)ccc3OCC2[C@H]1c1ccccc1. The summed E-state index contributed by atoms with van der Waals surface area (Å²) in [5, 5.41) is 6.43. The summed E-state index contributed by atoms with van der Waals surface area (Å²) < 4.78 is 19.7. The molecule has 2 aliphatic rings. The minimum atomic E-state index is -0.550. The van der Waals surface area contributed by atoms with Crippen LogP contribution in [0.1, 0.15) is 32.3 Å². The van der Waals surface area contributed by atoms with Crippen LogP contribution in [-0.2, 0) is 4.79 Å². The number of hydrogen-bond acceptors (Lipinski definition) is 4. The second-order valence-corrected chi connectivity index (χ2v) is 7.79. The lowest BCUT2D eigenvalue weighted by Crippen LogP contribution is -2.42. The highest BCUT2D eigenvalue weighted by Gasteiger charge is 2.47. The van der Waals surface area contributed by atoms with Gasteiger partial charge in [0.05, 0.1) is 12.0 Å². The molecule has 0 saturated heterocycles. The molecule has 0 spiro atoms. The third kappa shape index (κ3) is 2.68. The Hall–Kier alpha value is -2.69. The molecule has 4 nitrogen and oxygen atoms in total. The first kappa shape index (κ1) is 16.8. The van der Waals surface area contributed by atoms with Crippen LogP contribution in [-0.4, -0.2) is 24.1 Å². The average Bonchev–Trinajstić information content (AvgIpc) is 3.00. The fourth-order valence-corrected chi connectivity index (χ4v) is 3.55. The first-order chi connectivity index (χ1) is 12.4. The van der Waals surface area contributed by atoms with Gasteiger partial charge in [0.1, 0.15) is 29.6 Å². The highest BCUT2D eigenvalue weighted by molar-refractivity contribution is 6.44. The Morgan fingerprint density at radius 1 is 1.19 bits per heavy atom. The molecule has 0 aromatic heterocycles. The normalized spacial score (nSPS) is 21.5. The van der Waals surface area contributed by atoms with E-state index in [9.17, 15) is 9.18 Å². The number of benzene rings is 2. The van der Waals surface area contributed by atoms with Crippen LogP contribution in [0.3, 0.4) is 0 Å². The van der Waals surface area contributed by atoms with E-state index in [4.69, 9.17) is 4.74 Å². The average molecular weight is 352 g/mol. The van der Waals surface area contributed by atoms with Crippen molar-refractivity contribution in [2.24, 2.45) is 10.5 Å². The van der Waals surface area contributed by atoms with Gasteiger partial charge in [0.2, 0.25) is 0 Å². The lowest BCUT2D eigenvalue weighted by molar-refractivity contribution is -0.119. The lowest BCUT2D eigenvalue weighted by atomic mass is 9.79. The standard InChI is InChI=1S/C21H21FN2O2/c1-21(2,3)20(25)19-18(13-7-5-4-6-8-13)16-12-26-17-10-9-14(22)11-15(17)24(16)23-19/h4-11,16,18H,12H2,1-3H3/t16?,18-/m1/s1. The first-order valence-electron chi connectivity index (χ1n) is 8.76. The van der Waals surface area contributed by atoms with E-state index in [1.807, 2.05) is 51.1 Å². The van der Waals surface area contributed by atoms with Crippen molar-refractivity contribution in [3.8, 4) is 5.75 Å². The molecule has 2 heterocycles. The van der Waals surface area contributed by atoms with Crippen LogP contribution in [0.4, 0.5) is 10.1 Å². The van der Waals surface area contributed by atoms with E-state index in [2.05, 4.69) is 5.10 Å². The number of carbonyl (C=O) groups excluding carboxylic acids is 1. The molecule has 4 rings (SSSR count). The van der Waals surface area contributed by atoms with Crippen LogP contribution in [0.25, 0.3) is 0 Å². The molecule has 0 aliphatic carbocycles. The van der Waals surface area contributed by atoms with Gasteiger partial charge in [0.15, 0.2) is 5.78 Å². The van der Waals surface area contributed by atoms with Crippen LogP contribution in [0.5, 0.6) is 5.75 Å². The van der Waals surface area contributed by atoms with Crippen LogP contribution < -0.4 is 9.75 Å². The number of nitrogens with zero attached hydrogens (tertiary/aromatic N) is 2. The number of Topliss-reactive ketones (excluding diaryl/α,β-unsaturated/α-hetero) is 1. The van der Waals surface area contributed by atoms with Crippen LogP contribution in [0, 0.1) is 11.2 Å². The highest BCUT2D eigenvalue weighted by Crippen LogP contribution is 2.43. The molecule has 0 fully saturated rings. The summed E-state index contributed by atoms with van der Waals surface area (Å²) in [7, 11) is 0. The molecule has 0 saturated carbocycles. The molecule has 0 radical (unpaired) electrons. The van der Waals surface area contributed by atoms with E-state index in [0.717, 1.165) is 5.56 Å². The third-order valence-electron chi connectivity index (χ3n) is 4.86. The first-order valence-corrected chi connectivity index (χ1v) is 8.76. The van der Waals surface area contributed by atoms with Gasteiger partial charge in [0, 0.05) is 11.5 Å². The maximum absolute atomic E-state index is 13.8. The molecule has 26 heavy (non-hydrogen) atoms.